The Morgan fingerprint density at radius 3 is 2.67 bits per heavy atom. The third-order valence-corrected chi connectivity index (χ3v) is 3.48. The Morgan fingerprint density at radius 2 is 1.95 bits per heavy atom. The maximum atomic E-state index is 13.5. The van der Waals surface area contributed by atoms with E-state index in [9.17, 15) is 9.50 Å². The second-order valence-corrected chi connectivity index (χ2v) is 4.98. The van der Waals surface area contributed by atoms with Gasteiger partial charge in [-0.05, 0) is 30.7 Å². The largest absolute Gasteiger partial charge is 0.497 e. The molecule has 0 bridgehead atoms. The second-order valence-electron chi connectivity index (χ2n) is 4.98. The predicted molar refractivity (Wildman–Crippen MR) is 80.7 cm³/mol. The Balaban J connectivity index is 1.99. The third kappa shape index (κ3) is 4.03. The first kappa shape index (κ1) is 15.5. The molecule has 0 aliphatic carbocycles. The van der Waals surface area contributed by atoms with Gasteiger partial charge in [0.25, 0.3) is 0 Å². The van der Waals surface area contributed by atoms with Gasteiger partial charge in [-0.1, -0.05) is 30.3 Å². The number of methoxy groups -OCH3 is 1. The van der Waals surface area contributed by atoms with Crippen molar-refractivity contribution in [1.82, 2.24) is 5.32 Å². The van der Waals surface area contributed by atoms with Gasteiger partial charge in [-0.3, -0.25) is 0 Å². The molecule has 2 aromatic carbocycles. The highest BCUT2D eigenvalue weighted by molar-refractivity contribution is 5.30. The number of ether oxygens (including phenoxy) is 1. The number of benzene rings is 2. The van der Waals surface area contributed by atoms with Gasteiger partial charge in [0.05, 0.1) is 13.2 Å². The van der Waals surface area contributed by atoms with Gasteiger partial charge in [0.15, 0.2) is 0 Å². The van der Waals surface area contributed by atoms with Gasteiger partial charge in [0.1, 0.15) is 11.6 Å². The van der Waals surface area contributed by atoms with Crippen molar-refractivity contribution >= 4 is 0 Å². The van der Waals surface area contributed by atoms with Crippen LogP contribution in [0.5, 0.6) is 5.75 Å². The van der Waals surface area contributed by atoms with E-state index in [0.717, 1.165) is 5.56 Å². The normalized spacial score (nSPS) is 13.7. The van der Waals surface area contributed by atoms with Crippen LogP contribution in [0.2, 0.25) is 0 Å². The summed E-state index contributed by atoms with van der Waals surface area (Å²) >= 11 is 0. The summed E-state index contributed by atoms with van der Waals surface area (Å²) in [6.07, 6.45) is -0.688. The Hall–Kier alpha value is -1.91. The lowest BCUT2D eigenvalue weighted by molar-refractivity contribution is 0.135. The van der Waals surface area contributed by atoms with Crippen LogP contribution in [0.1, 0.15) is 24.2 Å². The molecular weight excluding hydrogens is 269 g/mol. The molecule has 0 saturated carbocycles. The number of hydrogen-bond acceptors (Lipinski definition) is 3. The van der Waals surface area contributed by atoms with E-state index in [-0.39, 0.29) is 11.9 Å². The number of halogens is 1. The monoisotopic (exact) mass is 289 g/mol. The molecule has 2 rings (SSSR count). The van der Waals surface area contributed by atoms with Crippen LogP contribution in [0.15, 0.2) is 48.5 Å². The fourth-order valence-corrected chi connectivity index (χ4v) is 2.14. The smallest absolute Gasteiger partial charge is 0.127 e. The summed E-state index contributed by atoms with van der Waals surface area (Å²) in [5, 5.41) is 13.5. The first-order valence-corrected chi connectivity index (χ1v) is 6.90. The number of rotatable bonds is 6. The number of aliphatic hydroxyl groups excluding tert-OH is 1. The first-order chi connectivity index (χ1) is 10.1. The number of nitrogens with one attached hydrogen (secondary N) is 1. The van der Waals surface area contributed by atoms with Crippen molar-refractivity contribution in [3.63, 3.8) is 0 Å². The van der Waals surface area contributed by atoms with Crippen LogP contribution in [0.3, 0.4) is 0 Å². The SMILES string of the molecule is COc1cccc(C(O)C(C)NCc2ccccc2F)c1. The van der Waals surface area contributed by atoms with Crippen molar-refractivity contribution in [1.29, 1.82) is 0 Å². The molecule has 21 heavy (non-hydrogen) atoms. The zero-order chi connectivity index (χ0) is 15.2. The molecule has 0 aromatic heterocycles. The first-order valence-electron chi connectivity index (χ1n) is 6.90. The second kappa shape index (κ2) is 7.20. The fraction of sp³-hybridized carbons (Fsp3) is 0.294. The lowest BCUT2D eigenvalue weighted by Crippen LogP contribution is -2.32. The predicted octanol–water partition coefficient (Wildman–Crippen LogP) is 3.05. The van der Waals surface area contributed by atoms with Gasteiger partial charge in [0.2, 0.25) is 0 Å². The van der Waals surface area contributed by atoms with E-state index in [1.807, 2.05) is 25.1 Å². The molecule has 0 radical (unpaired) electrons. The van der Waals surface area contributed by atoms with Crippen molar-refractivity contribution in [2.45, 2.75) is 25.6 Å². The molecule has 0 aliphatic heterocycles. The minimum Gasteiger partial charge on any atom is -0.497 e. The van der Waals surface area contributed by atoms with Gasteiger partial charge in [0, 0.05) is 18.2 Å². The molecule has 2 N–H and O–H groups in total. The van der Waals surface area contributed by atoms with Gasteiger partial charge >= 0.3 is 0 Å². The molecule has 0 heterocycles. The van der Waals surface area contributed by atoms with Crippen LogP contribution in [0, 0.1) is 5.82 Å². The van der Waals surface area contributed by atoms with Crippen LogP contribution in [-0.4, -0.2) is 18.3 Å². The van der Waals surface area contributed by atoms with E-state index in [4.69, 9.17) is 4.74 Å². The molecule has 0 saturated heterocycles. The van der Waals surface area contributed by atoms with Crippen molar-refractivity contribution in [2.75, 3.05) is 7.11 Å². The molecule has 0 amide bonds. The molecule has 112 valence electrons. The molecule has 0 aliphatic rings. The zero-order valence-corrected chi connectivity index (χ0v) is 12.2. The Kier molecular flexibility index (Phi) is 5.31. The molecule has 2 aromatic rings. The molecule has 4 heteroatoms. The van der Waals surface area contributed by atoms with E-state index in [0.29, 0.717) is 17.9 Å². The lowest BCUT2D eigenvalue weighted by Gasteiger charge is -2.21. The molecule has 2 unspecified atom stereocenters. The molecule has 3 nitrogen and oxygen atoms in total. The maximum absolute atomic E-state index is 13.5. The molecule has 2 atom stereocenters. The Bertz CT molecular complexity index is 589. The Labute approximate surface area is 124 Å². The van der Waals surface area contributed by atoms with Gasteiger partial charge in [-0.2, -0.15) is 0 Å². The average Bonchev–Trinajstić information content (AvgIpc) is 2.53. The van der Waals surface area contributed by atoms with Gasteiger partial charge < -0.3 is 15.2 Å². The van der Waals surface area contributed by atoms with Crippen LogP contribution < -0.4 is 10.1 Å². The maximum Gasteiger partial charge on any atom is 0.127 e. The standard InChI is InChI=1S/C17H20FNO2/c1-12(19-11-14-6-3-4-9-16(14)18)17(20)13-7-5-8-15(10-13)21-2/h3-10,12,17,19-20H,11H2,1-2H3. The summed E-state index contributed by atoms with van der Waals surface area (Å²) in [7, 11) is 1.59. The van der Waals surface area contributed by atoms with E-state index >= 15 is 0 Å². The van der Waals surface area contributed by atoms with Crippen LogP contribution >= 0.6 is 0 Å². The topological polar surface area (TPSA) is 41.5 Å². The van der Waals surface area contributed by atoms with E-state index in [1.165, 1.54) is 6.07 Å². The summed E-state index contributed by atoms with van der Waals surface area (Å²) in [6.45, 7) is 2.24. The van der Waals surface area contributed by atoms with Crippen molar-refractivity contribution in [3.8, 4) is 5.75 Å². The lowest BCUT2D eigenvalue weighted by atomic mass is 10.0. The van der Waals surface area contributed by atoms with Crippen LogP contribution in [0.25, 0.3) is 0 Å². The van der Waals surface area contributed by atoms with E-state index in [2.05, 4.69) is 5.32 Å². The van der Waals surface area contributed by atoms with Crippen molar-refractivity contribution in [2.24, 2.45) is 0 Å². The quantitative estimate of drug-likeness (QED) is 0.859. The number of hydrogen-bond donors (Lipinski definition) is 2. The summed E-state index contributed by atoms with van der Waals surface area (Å²) in [5.41, 5.74) is 1.35. The summed E-state index contributed by atoms with van der Waals surface area (Å²) in [6, 6.07) is 13.7. The Morgan fingerprint density at radius 1 is 1.19 bits per heavy atom. The highest BCUT2D eigenvalue weighted by Crippen LogP contribution is 2.21. The minimum atomic E-state index is -0.688. The molecular formula is C17H20FNO2. The minimum absolute atomic E-state index is 0.211. The number of aliphatic hydroxyl groups is 1. The van der Waals surface area contributed by atoms with Gasteiger partial charge in [-0.15, -0.1) is 0 Å². The summed E-state index contributed by atoms with van der Waals surface area (Å²) in [4.78, 5) is 0. The third-order valence-electron chi connectivity index (χ3n) is 3.48. The van der Waals surface area contributed by atoms with Crippen molar-refractivity contribution < 1.29 is 14.2 Å². The highest BCUT2D eigenvalue weighted by atomic mass is 19.1. The van der Waals surface area contributed by atoms with Crippen LogP contribution in [0.4, 0.5) is 4.39 Å². The average molecular weight is 289 g/mol. The summed E-state index contributed by atoms with van der Waals surface area (Å²) in [5.74, 6) is 0.459. The molecule has 0 fully saturated rings. The van der Waals surface area contributed by atoms with Crippen molar-refractivity contribution in [3.05, 3.63) is 65.5 Å². The zero-order valence-electron chi connectivity index (χ0n) is 12.2. The van der Waals surface area contributed by atoms with E-state index in [1.54, 1.807) is 31.4 Å². The van der Waals surface area contributed by atoms with Gasteiger partial charge in [-0.25, -0.2) is 4.39 Å². The van der Waals surface area contributed by atoms with Crippen LogP contribution in [-0.2, 0) is 6.54 Å². The molecule has 0 spiro atoms. The van der Waals surface area contributed by atoms with E-state index < -0.39 is 6.10 Å². The fourth-order valence-electron chi connectivity index (χ4n) is 2.14. The highest BCUT2D eigenvalue weighted by Gasteiger charge is 2.16. The summed E-state index contributed by atoms with van der Waals surface area (Å²) < 4.78 is 18.7.